The molecule has 0 amide bonds. The third-order valence-electron chi connectivity index (χ3n) is 3.82. The molecule has 0 saturated carbocycles. The first-order valence-corrected chi connectivity index (χ1v) is 7.30. The number of halogens is 3. The molecule has 22 heavy (non-hydrogen) atoms. The molecular weight excluding hydrogens is 293 g/mol. The third kappa shape index (κ3) is 4.57. The molecule has 0 fully saturated rings. The lowest BCUT2D eigenvalue weighted by atomic mass is 9.73. The minimum atomic E-state index is -4.76. The van der Waals surface area contributed by atoms with Crippen LogP contribution in [0.25, 0.3) is 0 Å². The zero-order valence-corrected chi connectivity index (χ0v) is 13.3. The van der Waals surface area contributed by atoms with E-state index in [0.29, 0.717) is 0 Å². The fourth-order valence-corrected chi connectivity index (χ4v) is 2.50. The second-order valence-corrected chi connectivity index (χ2v) is 6.66. The number of alkyl halides is 3. The van der Waals surface area contributed by atoms with E-state index in [1.54, 1.807) is 30.3 Å². The molecule has 1 N–H and O–H groups in total. The number of carbonyl (C=O) groups is 1. The molecule has 0 aliphatic rings. The van der Waals surface area contributed by atoms with Crippen molar-refractivity contribution in [2.75, 3.05) is 0 Å². The van der Waals surface area contributed by atoms with Crippen LogP contribution in [0.1, 0.15) is 33.3 Å². The largest absolute Gasteiger partial charge is 0.401 e. The number of carbonyl (C=O) groups excluding carboxylic acids is 1. The second-order valence-electron chi connectivity index (χ2n) is 6.66. The Bertz CT molecular complexity index is 492. The number of hydrogen-bond donors (Lipinski definition) is 1. The highest BCUT2D eigenvalue weighted by Crippen LogP contribution is 2.38. The molecule has 5 heteroatoms. The average Bonchev–Trinajstić information content (AvgIpc) is 2.37. The lowest BCUT2D eigenvalue weighted by Crippen LogP contribution is -2.48. The SMILES string of the molecule is CC(C)[C@H](O)[C@@H](C(=O)C(C)(C)Cc1ccccc1)C(F)(F)F. The van der Waals surface area contributed by atoms with Crippen molar-refractivity contribution in [2.45, 2.75) is 46.4 Å². The van der Waals surface area contributed by atoms with Gasteiger partial charge in [0.1, 0.15) is 5.92 Å². The van der Waals surface area contributed by atoms with E-state index in [1.807, 2.05) is 0 Å². The topological polar surface area (TPSA) is 37.3 Å². The summed E-state index contributed by atoms with van der Waals surface area (Å²) in [5.41, 5.74) is -0.418. The fourth-order valence-electron chi connectivity index (χ4n) is 2.50. The standard InChI is InChI=1S/C17H23F3O2/c1-11(2)14(21)13(17(18,19)20)15(22)16(3,4)10-12-8-6-5-7-9-12/h5-9,11,13-14,21H,10H2,1-4H3/t13-,14-/m0/s1. The summed E-state index contributed by atoms with van der Waals surface area (Å²) in [6.07, 6.45) is -6.29. The fraction of sp³-hybridized carbons (Fsp3) is 0.588. The van der Waals surface area contributed by atoms with E-state index in [9.17, 15) is 23.1 Å². The van der Waals surface area contributed by atoms with Crippen molar-refractivity contribution in [2.24, 2.45) is 17.3 Å². The molecule has 0 bridgehead atoms. The number of aliphatic hydroxyl groups excluding tert-OH is 1. The number of hydrogen-bond acceptors (Lipinski definition) is 2. The Morgan fingerprint density at radius 3 is 2.05 bits per heavy atom. The molecule has 1 aromatic rings. The van der Waals surface area contributed by atoms with Gasteiger partial charge in [-0.25, -0.2) is 0 Å². The number of rotatable bonds is 6. The van der Waals surface area contributed by atoms with Gasteiger partial charge >= 0.3 is 6.18 Å². The maximum Gasteiger partial charge on any atom is 0.401 e. The summed E-state index contributed by atoms with van der Waals surface area (Å²) in [5, 5.41) is 9.88. The minimum Gasteiger partial charge on any atom is -0.392 e. The van der Waals surface area contributed by atoms with E-state index < -0.39 is 35.3 Å². The average molecular weight is 316 g/mol. The van der Waals surface area contributed by atoms with Gasteiger partial charge in [0.05, 0.1) is 6.10 Å². The molecule has 0 radical (unpaired) electrons. The molecule has 0 aliphatic carbocycles. The van der Waals surface area contributed by atoms with Gasteiger partial charge in [0.15, 0.2) is 5.78 Å². The Labute approximate surface area is 129 Å². The van der Waals surface area contributed by atoms with Crippen LogP contribution < -0.4 is 0 Å². The normalized spacial score (nSPS) is 15.7. The maximum atomic E-state index is 13.3. The monoisotopic (exact) mass is 316 g/mol. The number of ketones is 1. The lowest BCUT2D eigenvalue weighted by Gasteiger charge is -2.33. The highest BCUT2D eigenvalue weighted by Gasteiger charge is 2.53. The highest BCUT2D eigenvalue weighted by molar-refractivity contribution is 5.87. The molecule has 1 rings (SSSR count). The zero-order valence-electron chi connectivity index (χ0n) is 13.3. The van der Waals surface area contributed by atoms with E-state index in [-0.39, 0.29) is 6.42 Å². The Balaban J connectivity index is 3.06. The van der Waals surface area contributed by atoms with E-state index in [1.165, 1.54) is 27.7 Å². The Kier molecular flexibility index (Phi) is 5.79. The van der Waals surface area contributed by atoms with Crippen molar-refractivity contribution >= 4 is 5.78 Å². The lowest BCUT2D eigenvalue weighted by molar-refractivity contribution is -0.209. The number of benzene rings is 1. The smallest absolute Gasteiger partial charge is 0.392 e. The van der Waals surface area contributed by atoms with E-state index >= 15 is 0 Å². The van der Waals surface area contributed by atoms with Gasteiger partial charge in [-0.1, -0.05) is 58.0 Å². The van der Waals surface area contributed by atoms with Crippen molar-refractivity contribution in [1.29, 1.82) is 0 Å². The van der Waals surface area contributed by atoms with E-state index in [4.69, 9.17) is 0 Å². The summed E-state index contributed by atoms with van der Waals surface area (Å²) in [6.45, 7) is 5.93. The summed E-state index contributed by atoms with van der Waals surface area (Å²) in [4.78, 5) is 12.5. The van der Waals surface area contributed by atoms with Crippen LogP contribution in [-0.2, 0) is 11.2 Å². The molecular formula is C17H23F3O2. The van der Waals surface area contributed by atoms with Crippen molar-refractivity contribution in [3.05, 3.63) is 35.9 Å². The van der Waals surface area contributed by atoms with Gasteiger partial charge in [0.25, 0.3) is 0 Å². The first-order valence-electron chi connectivity index (χ1n) is 7.30. The summed E-state index contributed by atoms with van der Waals surface area (Å²) in [7, 11) is 0. The molecule has 1 aromatic carbocycles. The number of Topliss-reactive ketones (excluding diaryl/α,β-unsaturated/α-hetero) is 1. The second kappa shape index (κ2) is 6.82. The molecule has 2 nitrogen and oxygen atoms in total. The minimum absolute atomic E-state index is 0.198. The highest BCUT2D eigenvalue weighted by atomic mass is 19.4. The molecule has 124 valence electrons. The van der Waals surface area contributed by atoms with Gasteiger partial charge in [-0.15, -0.1) is 0 Å². The molecule has 0 spiro atoms. The quantitative estimate of drug-likeness (QED) is 0.860. The van der Waals surface area contributed by atoms with Gasteiger partial charge in [0, 0.05) is 5.41 Å². The molecule has 0 saturated heterocycles. The molecule has 0 unspecified atom stereocenters. The van der Waals surface area contributed by atoms with Gasteiger partial charge in [-0.3, -0.25) is 4.79 Å². The van der Waals surface area contributed by atoms with E-state index in [0.717, 1.165) is 5.56 Å². The third-order valence-corrected chi connectivity index (χ3v) is 3.82. The van der Waals surface area contributed by atoms with Crippen LogP contribution >= 0.6 is 0 Å². The van der Waals surface area contributed by atoms with Crippen LogP contribution in [0.2, 0.25) is 0 Å². The predicted molar refractivity (Wildman–Crippen MR) is 79.3 cm³/mol. The van der Waals surface area contributed by atoms with Crippen LogP contribution in [0.3, 0.4) is 0 Å². The van der Waals surface area contributed by atoms with Crippen molar-refractivity contribution in [3.8, 4) is 0 Å². The van der Waals surface area contributed by atoms with E-state index in [2.05, 4.69) is 0 Å². The number of aliphatic hydroxyl groups is 1. The van der Waals surface area contributed by atoms with Crippen LogP contribution in [0, 0.1) is 17.3 Å². The maximum absolute atomic E-state index is 13.3. The Hall–Kier alpha value is -1.36. The van der Waals surface area contributed by atoms with Crippen LogP contribution in [0.5, 0.6) is 0 Å². The summed E-state index contributed by atoms with van der Waals surface area (Å²) >= 11 is 0. The van der Waals surface area contributed by atoms with Gasteiger partial charge < -0.3 is 5.11 Å². The zero-order chi connectivity index (χ0) is 17.1. The summed E-state index contributed by atoms with van der Waals surface area (Å²) in [5.74, 6) is -3.97. The van der Waals surface area contributed by atoms with Crippen molar-refractivity contribution in [3.63, 3.8) is 0 Å². The van der Waals surface area contributed by atoms with Gasteiger partial charge in [0.2, 0.25) is 0 Å². The van der Waals surface area contributed by atoms with Gasteiger partial charge in [-0.05, 0) is 17.9 Å². The first kappa shape index (κ1) is 18.7. The van der Waals surface area contributed by atoms with Crippen LogP contribution in [0.15, 0.2) is 30.3 Å². The Morgan fingerprint density at radius 2 is 1.64 bits per heavy atom. The van der Waals surface area contributed by atoms with Gasteiger partial charge in [-0.2, -0.15) is 13.2 Å². The molecule has 0 aromatic heterocycles. The first-order chi connectivity index (χ1) is 9.97. The summed E-state index contributed by atoms with van der Waals surface area (Å²) in [6, 6.07) is 8.91. The molecule has 0 aliphatic heterocycles. The van der Waals surface area contributed by atoms with Crippen LogP contribution in [0.4, 0.5) is 13.2 Å². The molecule has 2 atom stereocenters. The van der Waals surface area contributed by atoms with Crippen molar-refractivity contribution < 1.29 is 23.1 Å². The Morgan fingerprint density at radius 1 is 1.14 bits per heavy atom. The molecule has 0 heterocycles. The summed E-state index contributed by atoms with van der Waals surface area (Å²) < 4.78 is 39.8. The van der Waals surface area contributed by atoms with Crippen molar-refractivity contribution in [1.82, 2.24) is 0 Å². The predicted octanol–water partition coefficient (Wildman–Crippen LogP) is 4.02. The van der Waals surface area contributed by atoms with Crippen LogP contribution in [-0.4, -0.2) is 23.2 Å².